The highest BCUT2D eigenvalue weighted by molar-refractivity contribution is 6.31. The van der Waals surface area contributed by atoms with E-state index in [1.165, 1.54) is 24.5 Å². The third-order valence-electron chi connectivity index (χ3n) is 5.06. The van der Waals surface area contributed by atoms with Gasteiger partial charge in [-0.25, -0.2) is 23.9 Å². The van der Waals surface area contributed by atoms with Gasteiger partial charge in [0.05, 0.1) is 27.4 Å². The van der Waals surface area contributed by atoms with Gasteiger partial charge >= 0.3 is 11.9 Å². The SMILES string of the molecule is C=C/C(Nc1ncnc2cc(OC(=O)c3ccccc3)c(OC(=O)c3ccccc3)cc12)=C(/F)C(=C)Cl. The molecule has 4 aromatic rings. The summed E-state index contributed by atoms with van der Waals surface area (Å²) in [5.74, 6) is -2.13. The third-order valence-corrected chi connectivity index (χ3v) is 5.22. The van der Waals surface area contributed by atoms with Crippen molar-refractivity contribution in [3.63, 3.8) is 0 Å². The van der Waals surface area contributed by atoms with Gasteiger partial charge in [-0.05, 0) is 36.4 Å². The molecule has 0 aliphatic rings. The van der Waals surface area contributed by atoms with Crippen molar-refractivity contribution in [2.45, 2.75) is 0 Å². The van der Waals surface area contributed by atoms with Crippen LogP contribution in [-0.4, -0.2) is 21.9 Å². The van der Waals surface area contributed by atoms with Crippen molar-refractivity contribution in [2.75, 3.05) is 5.32 Å². The number of fused-ring (bicyclic) bond motifs is 1. The van der Waals surface area contributed by atoms with Gasteiger partial charge in [-0.2, -0.15) is 0 Å². The number of ether oxygens (including phenoxy) is 2. The van der Waals surface area contributed by atoms with Crippen LogP contribution in [0.5, 0.6) is 11.5 Å². The molecule has 3 aromatic carbocycles. The first-order valence-corrected chi connectivity index (χ1v) is 11.2. The standard InChI is InChI=1S/C28H19ClFN3O4/c1-3-21(25(30)17(2)29)33-26-20-14-23(36-27(34)18-10-6-4-7-11-18)24(15-22(20)31-16-32-26)37-28(35)19-12-8-5-9-13-19/h3-16H,1-2H2,(H,31,32,33)/b25-21-. The largest absolute Gasteiger partial charge is 0.419 e. The van der Waals surface area contributed by atoms with Crippen molar-refractivity contribution in [3.8, 4) is 11.5 Å². The number of esters is 2. The molecule has 0 radical (unpaired) electrons. The number of carbonyl (C=O) groups excluding carboxylic acids is 2. The number of rotatable bonds is 8. The Balaban J connectivity index is 1.80. The molecule has 0 atom stereocenters. The second-order valence-electron chi connectivity index (χ2n) is 7.51. The first kappa shape index (κ1) is 25.3. The maximum Gasteiger partial charge on any atom is 0.343 e. The zero-order valence-corrected chi connectivity index (χ0v) is 20.0. The monoisotopic (exact) mass is 515 g/mol. The van der Waals surface area contributed by atoms with Gasteiger partial charge in [0.25, 0.3) is 0 Å². The Morgan fingerprint density at radius 2 is 1.43 bits per heavy atom. The molecule has 1 N–H and O–H groups in total. The summed E-state index contributed by atoms with van der Waals surface area (Å²) < 4.78 is 25.6. The number of nitrogens with one attached hydrogen (secondary N) is 1. The van der Waals surface area contributed by atoms with E-state index < -0.39 is 17.8 Å². The van der Waals surface area contributed by atoms with Crippen LogP contribution < -0.4 is 14.8 Å². The van der Waals surface area contributed by atoms with E-state index in [0.717, 1.165) is 0 Å². The molecule has 0 amide bonds. The van der Waals surface area contributed by atoms with Gasteiger partial charge in [0.1, 0.15) is 12.1 Å². The number of allylic oxidation sites excluding steroid dienone is 3. The van der Waals surface area contributed by atoms with Gasteiger partial charge in [-0.1, -0.05) is 61.2 Å². The van der Waals surface area contributed by atoms with Crippen LogP contribution in [0.4, 0.5) is 10.2 Å². The predicted octanol–water partition coefficient (Wildman–Crippen LogP) is 6.60. The van der Waals surface area contributed by atoms with E-state index in [-0.39, 0.29) is 33.6 Å². The van der Waals surface area contributed by atoms with Gasteiger partial charge in [0.15, 0.2) is 17.3 Å². The number of benzene rings is 3. The molecule has 7 nitrogen and oxygen atoms in total. The molecule has 0 unspecified atom stereocenters. The Morgan fingerprint density at radius 1 is 0.892 bits per heavy atom. The number of anilines is 1. The highest BCUT2D eigenvalue weighted by Gasteiger charge is 2.20. The minimum absolute atomic E-state index is 0.0462. The minimum Gasteiger partial charge on any atom is -0.419 e. The van der Waals surface area contributed by atoms with Crippen molar-refractivity contribution in [2.24, 2.45) is 0 Å². The number of halogens is 2. The lowest BCUT2D eigenvalue weighted by Crippen LogP contribution is -2.13. The lowest BCUT2D eigenvalue weighted by molar-refractivity contribution is 0.0683. The second kappa shape index (κ2) is 11.3. The summed E-state index contributed by atoms with van der Waals surface area (Å²) in [5, 5.41) is 2.81. The summed E-state index contributed by atoms with van der Waals surface area (Å²) in [5.41, 5.74) is 0.819. The average Bonchev–Trinajstić information content (AvgIpc) is 2.92. The lowest BCUT2D eigenvalue weighted by Gasteiger charge is -2.14. The van der Waals surface area contributed by atoms with E-state index in [1.54, 1.807) is 60.7 Å². The summed E-state index contributed by atoms with van der Waals surface area (Å²) in [4.78, 5) is 34.0. The van der Waals surface area contributed by atoms with Gasteiger partial charge in [0.2, 0.25) is 0 Å². The first-order chi connectivity index (χ1) is 17.9. The molecular weight excluding hydrogens is 497 g/mol. The molecule has 0 aliphatic heterocycles. The number of hydrogen-bond acceptors (Lipinski definition) is 7. The van der Waals surface area contributed by atoms with Crippen molar-refractivity contribution in [1.82, 2.24) is 9.97 Å². The normalized spacial score (nSPS) is 11.3. The minimum atomic E-state index is -0.826. The molecule has 0 aliphatic carbocycles. The van der Waals surface area contributed by atoms with Gasteiger partial charge < -0.3 is 14.8 Å². The highest BCUT2D eigenvalue weighted by Crippen LogP contribution is 2.36. The molecular formula is C28H19ClFN3O4. The summed E-state index contributed by atoms with van der Waals surface area (Å²) in [6.07, 6.45) is 2.44. The number of aromatic nitrogens is 2. The Bertz CT molecular complexity index is 1540. The van der Waals surface area contributed by atoms with Crippen LogP contribution in [0.2, 0.25) is 0 Å². The van der Waals surface area contributed by atoms with Gasteiger partial charge in [-0.15, -0.1) is 0 Å². The lowest BCUT2D eigenvalue weighted by atomic mass is 10.2. The molecule has 0 saturated heterocycles. The topological polar surface area (TPSA) is 90.4 Å². The molecule has 0 saturated carbocycles. The Hall–Kier alpha value is -4.82. The first-order valence-electron chi connectivity index (χ1n) is 10.8. The summed E-state index contributed by atoms with van der Waals surface area (Å²) in [6, 6.07) is 19.5. The molecule has 184 valence electrons. The summed E-state index contributed by atoms with van der Waals surface area (Å²) in [6.45, 7) is 6.95. The summed E-state index contributed by atoms with van der Waals surface area (Å²) in [7, 11) is 0. The average molecular weight is 516 g/mol. The fourth-order valence-electron chi connectivity index (χ4n) is 3.26. The zero-order valence-electron chi connectivity index (χ0n) is 19.3. The molecule has 0 spiro atoms. The van der Waals surface area contributed by atoms with Crippen molar-refractivity contribution in [3.05, 3.63) is 126 Å². The van der Waals surface area contributed by atoms with E-state index in [1.807, 2.05) is 0 Å². The number of nitrogens with zero attached hydrogens (tertiary/aromatic N) is 2. The van der Waals surface area contributed by atoms with Crippen LogP contribution in [0.15, 0.2) is 115 Å². The van der Waals surface area contributed by atoms with E-state index in [0.29, 0.717) is 16.5 Å². The second-order valence-corrected chi connectivity index (χ2v) is 7.97. The van der Waals surface area contributed by atoms with Gasteiger partial charge in [-0.3, -0.25) is 0 Å². The van der Waals surface area contributed by atoms with E-state index in [4.69, 9.17) is 21.1 Å². The fraction of sp³-hybridized carbons (Fsp3) is 0. The quantitative estimate of drug-likeness (QED) is 0.160. The Labute approximate surface area is 216 Å². The number of carbonyl (C=O) groups is 2. The maximum absolute atomic E-state index is 14.4. The van der Waals surface area contributed by atoms with Crippen LogP contribution in [0, 0.1) is 0 Å². The van der Waals surface area contributed by atoms with Crippen LogP contribution in [0.1, 0.15) is 20.7 Å². The molecule has 0 bridgehead atoms. The highest BCUT2D eigenvalue weighted by atomic mass is 35.5. The van der Waals surface area contributed by atoms with E-state index >= 15 is 0 Å². The molecule has 1 heterocycles. The molecule has 37 heavy (non-hydrogen) atoms. The van der Waals surface area contributed by atoms with Crippen LogP contribution in [-0.2, 0) is 0 Å². The maximum atomic E-state index is 14.4. The zero-order chi connectivity index (χ0) is 26.4. The van der Waals surface area contributed by atoms with E-state index in [2.05, 4.69) is 28.4 Å². The Kier molecular flexibility index (Phi) is 7.71. The van der Waals surface area contributed by atoms with Gasteiger partial charge in [0, 0.05) is 11.5 Å². The fourth-order valence-corrected chi connectivity index (χ4v) is 3.36. The molecule has 0 fully saturated rings. The van der Waals surface area contributed by atoms with Crippen molar-refractivity contribution >= 4 is 40.3 Å². The smallest absolute Gasteiger partial charge is 0.343 e. The number of hydrogen-bond donors (Lipinski definition) is 1. The predicted molar refractivity (Wildman–Crippen MR) is 139 cm³/mol. The molecule has 1 aromatic heterocycles. The van der Waals surface area contributed by atoms with Crippen LogP contribution in [0.25, 0.3) is 10.9 Å². The Morgan fingerprint density at radius 3 is 1.95 bits per heavy atom. The van der Waals surface area contributed by atoms with E-state index in [9.17, 15) is 14.0 Å². The van der Waals surface area contributed by atoms with Crippen molar-refractivity contribution in [1.29, 1.82) is 0 Å². The molecule has 9 heteroatoms. The van der Waals surface area contributed by atoms with Crippen molar-refractivity contribution < 1.29 is 23.5 Å². The summed E-state index contributed by atoms with van der Waals surface area (Å²) >= 11 is 5.69. The molecule has 4 rings (SSSR count). The van der Waals surface area contributed by atoms with Crippen LogP contribution in [0.3, 0.4) is 0 Å². The third kappa shape index (κ3) is 5.88. The van der Waals surface area contributed by atoms with Crippen LogP contribution >= 0.6 is 11.6 Å².